The van der Waals surface area contributed by atoms with Crippen LogP contribution in [0.4, 0.5) is 0 Å². The molecule has 0 aromatic rings. The minimum absolute atomic E-state index is 0.00191. The average Bonchev–Trinajstić information content (AvgIpc) is 2.11. The maximum Gasteiger partial charge on any atom is 0.220 e. The fourth-order valence-corrected chi connectivity index (χ4v) is 1.73. The van der Waals surface area contributed by atoms with Gasteiger partial charge in [-0.05, 0) is 24.3 Å². The fourth-order valence-electron chi connectivity index (χ4n) is 1.73. The summed E-state index contributed by atoms with van der Waals surface area (Å²) in [4.78, 5) is 22.9. The fraction of sp³-hybridized carbons (Fsp3) is 0.667. The van der Waals surface area contributed by atoms with Crippen molar-refractivity contribution in [3.05, 3.63) is 12.2 Å². The lowest BCUT2D eigenvalue weighted by atomic mass is 9.80. The van der Waals surface area contributed by atoms with Crippen molar-refractivity contribution in [1.82, 2.24) is 5.32 Å². The molecule has 3 heteroatoms. The Kier molecular flexibility index (Phi) is 3.66. The second-order valence-electron chi connectivity index (χ2n) is 4.80. The Morgan fingerprint density at radius 1 is 1.60 bits per heavy atom. The van der Waals surface area contributed by atoms with Gasteiger partial charge in [-0.15, -0.1) is 0 Å². The summed E-state index contributed by atoms with van der Waals surface area (Å²) in [6, 6.07) is -0.330. The molecule has 0 aromatic heterocycles. The first-order valence-corrected chi connectivity index (χ1v) is 5.47. The zero-order valence-corrected chi connectivity index (χ0v) is 9.67. The van der Waals surface area contributed by atoms with Gasteiger partial charge in [-0.25, -0.2) is 0 Å². The van der Waals surface area contributed by atoms with Gasteiger partial charge in [0.1, 0.15) is 0 Å². The molecule has 3 nitrogen and oxygen atoms in total. The van der Waals surface area contributed by atoms with Crippen molar-refractivity contribution < 1.29 is 9.59 Å². The van der Waals surface area contributed by atoms with Crippen molar-refractivity contribution in [3.63, 3.8) is 0 Å². The zero-order valence-electron chi connectivity index (χ0n) is 9.67. The predicted molar refractivity (Wildman–Crippen MR) is 59.4 cm³/mol. The molecule has 84 valence electrons. The molecule has 1 rings (SSSR count). The van der Waals surface area contributed by atoms with E-state index < -0.39 is 0 Å². The summed E-state index contributed by atoms with van der Waals surface area (Å²) >= 11 is 0. The molecule has 0 aromatic carbocycles. The van der Waals surface area contributed by atoms with Crippen LogP contribution in [-0.2, 0) is 9.59 Å². The van der Waals surface area contributed by atoms with Crippen molar-refractivity contribution >= 4 is 11.7 Å². The largest absolute Gasteiger partial charge is 0.346 e. The molecule has 15 heavy (non-hydrogen) atoms. The molecule has 0 fully saturated rings. The Morgan fingerprint density at radius 2 is 2.27 bits per heavy atom. The van der Waals surface area contributed by atoms with Crippen LogP contribution in [0.1, 0.15) is 40.0 Å². The number of nitrogens with one attached hydrogen (secondary N) is 1. The monoisotopic (exact) mass is 209 g/mol. The van der Waals surface area contributed by atoms with E-state index in [2.05, 4.69) is 19.2 Å². The van der Waals surface area contributed by atoms with E-state index in [-0.39, 0.29) is 23.1 Å². The Labute approximate surface area is 90.9 Å². The van der Waals surface area contributed by atoms with Crippen molar-refractivity contribution in [3.8, 4) is 0 Å². The van der Waals surface area contributed by atoms with E-state index in [1.54, 1.807) is 6.08 Å². The summed E-state index contributed by atoms with van der Waals surface area (Å²) in [5, 5.41) is 2.79. The summed E-state index contributed by atoms with van der Waals surface area (Å²) in [6.45, 7) is 6.08. The average molecular weight is 209 g/mol. The molecule has 1 N–H and O–H groups in total. The lowest BCUT2D eigenvalue weighted by Gasteiger charge is -2.29. The van der Waals surface area contributed by atoms with Gasteiger partial charge in [-0.1, -0.05) is 26.8 Å². The molecule has 0 radical (unpaired) electrons. The lowest BCUT2D eigenvalue weighted by molar-refractivity contribution is -0.126. The summed E-state index contributed by atoms with van der Waals surface area (Å²) in [5.74, 6) is -0.0132. The molecule has 1 unspecified atom stereocenters. The second-order valence-corrected chi connectivity index (χ2v) is 4.80. The number of carbonyl (C=O) groups excluding carboxylic acids is 2. The Hall–Kier alpha value is -1.12. The third kappa shape index (κ3) is 3.50. The third-order valence-corrected chi connectivity index (χ3v) is 2.58. The van der Waals surface area contributed by atoms with Crippen LogP contribution in [-0.4, -0.2) is 17.7 Å². The van der Waals surface area contributed by atoms with Crippen LogP contribution in [0.15, 0.2) is 12.2 Å². The number of hydrogen-bond acceptors (Lipinski definition) is 2. The number of ketones is 1. The summed E-state index contributed by atoms with van der Waals surface area (Å²) in [7, 11) is 0. The lowest BCUT2D eigenvalue weighted by Crippen LogP contribution is -2.44. The van der Waals surface area contributed by atoms with Crippen molar-refractivity contribution in [1.29, 1.82) is 0 Å². The van der Waals surface area contributed by atoms with Crippen molar-refractivity contribution in [2.45, 2.75) is 46.1 Å². The van der Waals surface area contributed by atoms with Crippen molar-refractivity contribution in [2.75, 3.05) is 0 Å². The number of rotatable bonds is 3. The van der Waals surface area contributed by atoms with E-state index in [1.165, 1.54) is 0 Å². The first kappa shape index (κ1) is 12.0. The Bertz CT molecular complexity index is 292. The molecule has 1 amide bonds. The van der Waals surface area contributed by atoms with Gasteiger partial charge in [-0.3, -0.25) is 9.59 Å². The molecule has 0 bridgehead atoms. The topological polar surface area (TPSA) is 46.2 Å². The molecule has 0 heterocycles. The minimum Gasteiger partial charge on any atom is -0.346 e. The second kappa shape index (κ2) is 4.60. The molecular formula is C12H19NO2. The zero-order chi connectivity index (χ0) is 11.5. The normalized spacial score (nSPS) is 23.9. The van der Waals surface area contributed by atoms with E-state index in [1.807, 2.05) is 13.0 Å². The highest BCUT2D eigenvalue weighted by atomic mass is 16.2. The number of allylic oxidation sites excluding steroid dienone is 1. The Balaban J connectivity index is 2.59. The van der Waals surface area contributed by atoms with Crippen LogP contribution in [0.5, 0.6) is 0 Å². The summed E-state index contributed by atoms with van der Waals surface area (Å²) in [6.07, 6.45) is 5.50. The maximum atomic E-state index is 11.5. The minimum atomic E-state index is -0.330. The van der Waals surface area contributed by atoms with Gasteiger partial charge in [-0.2, -0.15) is 0 Å². The van der Waals surface area contributed by atoms with Crippen LogP contribution in [0, 0.1) is 5.41 Å². The number of carbonyl (C=O) groups is 2. The third-order valence-electron chi connectivity index (χ3n) is 2.58. The highest BCUT2D eigenvalue weighted by Gasteiger charge is 2.30. The number of hydrogen-bond donors (Lipinski definition) is 1. The molecule has 1 aliphatic rings. The maximum absolute atomic E-state index is 11.5. The molecule has 0 saturated heterocycles. The van der Waals surface area contributed by atoms with Crippen LogP contribution < -0.4 is 5.32 Å². The standard InChI is InChI=1S/C12H19NO2/c1-4-5-11(15)13-9-8-12(2,3)7-6-10(9)14/h6-7,9H,4-5,8H2,1-3H3,(H,13,15). The van der Waals surface area contributed by atoms with E-state index in [9.17, 15) is 9.59 Å². The number of amides is 1. The highest BCUT2D eigenvalue weighted by Crippen LogP contribution is 2.28. The van der Waals surface area contributed by atoms with Crippen molar-refractivity contribution in [2.24, 2.45) is 5.41 Å². The first-order chi connectivity index (χ1) is 6.94. The molecule has 0 saturated carbocycles. The highest BCUT2D eigenvalue weighted by molar-refractivity contribution is 5.97. The molecule has 0 spiro atoms. The quantitative estimate of drug-likeness (QED) is 0.770. The molecule has 0 aliphatic heterocycles. The summed E-state index contributed by atoms with van der Waals surface area (Å²) < 4.78 is 0. The van der Waals surface area contributed by atoms with E-state index in [4.69, 9.17) is 0 Å². The smallest absolute Gasteiger partial charge is 0.220 e. The SMILES string of the molecule is CCCC(=O)NC1CC(C)(C)C=CC1=O. The summed E-state index contributed by atoms with van der Waals surface area (Å²) in [5.41, 5.74) is -0.00191. The van der Waals surface area contributed by atoms with E-state index in [0.29, 0.717) is 12.8 Å². The van der Waals surface area contributed by atoms with Gasteiger partial charge in [0.15, 0.2) is 5.78 Å². The molecular weight excluding hydrogens is 190 g/mol. The molecule has 1 aliphatic carbocycles. The van der Waals surface area contributed by atoms with Crippen LogP contribution in [0.2, 0.25) is 0 Å². The van der Waals surface area contributed by atoms with E-state index >= 15 is 0 Å². The predicted octanol–water partition coefficient (Wildman–Crippen LogP) is 1.83. The van der Waals surface area contributed by atoms with Crippen LogP contribution in [0.25, 0.3) is 0 Å². The van der Waals surface area contributed by atoms with Crippen LogP contribution in [0.3, 0.4) is 0 Å². The van der Waals surface area contributed by atoms with Gasteiger partial charge >= 0.3 is 0 Å². The van der Waals surface area contributed by atoms with E-state index in [0.717, 1.165) is 6.42 Å². The molecule has 1 atom stereocenters. The van der Waals surface area contributed by atoms with Gasteiger partial charge < -0.3 is 5.32 Å². The van der Waals surface area contributed by atoms with Gasteiger partial charge in [0.25, 0.3) is 0 Å². The van der Waals surface area contributed by atoms with Gasteiger partial charge in [0.2, 0.25) is 5.91 Å². The Morgan fingerprint density at radius 3 is 2.87 bits per heavy atom. The first-order valence-electron chi connectivity index (χ1n) is 5.47. The van der Waals surface area contributed by atoms with Gasteiger partial charge in [0, 0.05) is 6.42 Å². The van der Waals surface area contributed by atoms with Gasteiger partial charge in [0.05, 0.1) is 6.04 Å². The van der Waals surface area contributed by atoms with Crippen LogP contribution >= 0.6 is 0 Å².